The quantitative estimate of drug-likeness (QED) is 0.564. The first kappa shape index (κ1) is 13.1. The Bertz CT molecular complexity index is 657. The minimum Gasteiger partial charge on any atom is -0.393 e. The van der Waals surface area contributed by atoms with E-state index >= 15 is 0 Å². The molecule has 0 bridgehead atoms. The Morgan fingerprint density at radius 3 is 2.65 bits per heavy atom. The summed E-state index contributed by atoms with van der Waals surface area (Å²) in [5, 5.41) is 17.9. The maximum Gasteiger partial charge on any atom is 0.141 e. The molecule has 0 heterocycles. The van der Waals surface area contributed by atoms with Gasteiger partial charge in [-0.2, -0.15) is 0 Å². The fourth-order valence-corrected chi connectivity index (χ4v) is 2.74. The van der Waals surface area contributed by atoms with Crippen LogP contribution in [0.3, 0.4) is 0 Å². The van der Waals surface area contributed by atoms with Crippen LogP contribution in [0.15, 0.2) is 49.0 Å². The molecule has 0 aromatic heterocycles. The van der Waals surface area contributed by atoms with Gasteiger partial charge >= 0.3 is 0 Å². The van der Waals surface area contributed by atoms with Crippen molar-refractivity contribution in [2.45, 2.75) is 12.5 Å². The molecule has 0 radical (unpaired) electrons. The Hall–Kier alpha value is -1.94. The van der Waals surface area contributed by atoms with E-state index in [4.69, 9.17) is 10.4 Å². The zero-order chi connectivity index (χ0) is 14.1. The fourth-order valence-electron chi connectivity index (χ4n) is 2.74. The third-order valence-electron chi connectivity index (χ3n) is 3.85. The summed E-state index contributed by atoms with van der Waals surface area (Å²) < 4.78 is 0. The van der Waals surface area contributed by atoms with E-state index in [1.54, 1.807) is 0 Å². The molecular formula is C17H16O3. The van der Waals surface area contributed by atoms with Gasteiger partial charge in [-0.05, 0) is 39.8 Å². The van der Waals surface area contributed by atoms with Gasteiger partial charge in [-0.3, -0.25) is 5.26 Å². The summed E-state index contributed by atoms with van der Waals surface area (Å²) in [6.45, 7) is 3.60. The van der Waals surface area contributed by atoms with E-state index in [-0.39, 0.29) is 6.61 Å². The number of hydrogen-bond donors (Lipinski definition) is 2. The predicted octanol–water partition coefficient (Wildman–Crippen LogP) is 3.12. The van der Waals surface area contributed by atoms with Crippen LogP contribution < -0.4 is 0 Å². The third kappa shape index (κ3) is 2.06. The van der Waals surface area contributed by atoms with Crippen LogP contribution >= 0.6 is 0 Å². The van der Waals surface area contributed by atoms with Gasteiger partial charge in [-0.25, -0.2) is 4.89 Å². The Labute approximate surface area is 117 Å². The lowest BCUT2D eigenvalue weighted by molar-refractivity contribution is -0.268. The average Bonchev–Trinajstić information content (AvgIpc) is 2.86. The molecule has 0 saturated carbocycles. The van der Waals surface area contributed by atoms with Crippen molar-refractivity contribution in [3.05, 3.63) is 65.7 Å². The summed E-state index contributed by atoms with van der Waals surface area (Å²) in [5.41, 5.74) is 6.53. The minimum atomic E-state index is -0.781. The molecule has 1 atom stereocenters. The SMILES string of the molecule is C=C(c1ccc2c(c1)Cc1ccccc1-2)C(CO)OO. The van der Waals surface area contributed by atoms with Crippen molar-refractivity contribution in [1.82, 2.24) is 0 Å². The van der Waals surface area contributed by atoms with Gasteiger partial charge in [0, 0.05) is 0 Å². The van der Waals surface area contributed by atoms with E-state index in [2.05, 4.69) is 35.7 Å². The van der Waals surface area contributed by atoms with E-state index in [0.29, 0.717) is 5.57 Å². The largest absolute Gasteiger partial charge is 0.393 e. The summed E-state index contributed by atoms with van der Waals surface area (Å²) in [6, 6.07) is 14.4. The molecule has 102 valence electrons. The van der Waals surface area contributed by atoms with Gasteiger partial charge < -0.3 is 5.11 Å². The van der Waals surface area contributed by atoms with E-state index in [0.717, 1.165) is 12.0 Å². The predicted molar refractivity (Wildman–Crippen MR) is 78.3 cm³/mol. The minimum absolute atomic E-state index is 0.299. The topological polar surface area (TPSA) is 49.7 Å². The number of fused-ring (bicyclic) bond motifs is 3. The van der Waals surface area contributed by atoms with Gasteiger partial charge in [0.1, 0.15) is 6.10 Å². The molecule has 20 heavy (non-hydrogen) atoms. The van der Waals surface area contributed by atoms with Crippen molar-refractivity contribution >= 4 is 5.57 Å². The molecule has 1 unspecified atom stereocenters. The monoisotopic (exact) mass is 268 g/mol. The second-order valence-electron chi connectivity index (χ2n) is 5.01. The standard InChI is InChI=1S/C17H16O3/c1-11(17(10-18)20-19)12-6-7-16-14(8-12)9-13-4-2-3-5-15(13)16/h2-8,17-19H,1,9-10H2. The van der Waals surface area contributed by atoms with Crippen molar-refractivity contribution in [2.24, 2.45) is 0 Å². The van der Waals surface area contributed by atoms with Gasteiger partial charge in [-0.15, -0.1) is 0 Å². The summed E-state index contributed by atoms with van der Waals surface area (Å²) >= 11 is 0. The number of rotatable bonds is 4. The maximum absolute atomic E-state index is 9.15. The van der Waals surface area contributed by atoms with Crippen molar-refractivity contribution in [3.8, 4) is 11.1 Å². The number of aliphatic hydroxyl groups excluding tert-OH is 1. The smallest absolute Gasteiger partial charge is 0.141 e. The van der Waals surface area contributed by atoms with Crippen molar-refractivity contribution in [3.63, 3.8) is 0 Å². The molecule has 0 fully saturated rings. The zero-order valence-electron chi connectivity index (χ0n) is 11.0. The van der Waals surface area contributed by atoms with Crippen LogP contribution in [0.2, 0.25) is 0 Å². The molecule has 3 heteroatoms. The van der Waals surface area contributed by atoms with Gasteiger partial charge in [0.15, 0.2) is 0 Å². The van der Waals surface area contributed by atoms with Crippen LogP contribution in [0.25, 0.3) is 16.7 Å². The molecule has 0 spiro atoms. The highest BCUT2D eigenvalue weighted by molar-refractivity contribution is 5.79. The van der Waals surface area contributed by atoms with E-state index < -0.39 is 6.10 Å². The van der Waals surface area contributed by atoms with E-state index in [1.165, 1.54) is 22.3 Å². The third-order valence-corrected chi connectivity index (χ3v) is 3.85. The first-order chi connectivity index (χ1) is 9.74. The Kier molecular flexibility index (Phi) is 3.40. The maximum atomic E-state index is 9.15. The molecule has 1 aliphatic rings. The van der Waals surface area contributed by atoms with Crippen LogP contribution in [0.4, 0.5) is 0 Å². The van der Waals surface area contributed by atoms with Gasteiger partial charge in [0.2, 0.25) is 0 Å². The van der Waals surface area contributed by atoms with Crippen LogP contribution in [-0.2, 0) is 11.3 Å². The van der Waals surface area contributed by atoms with E-state index in [1.807, 2.05) is 18.2 Å². The molecular weight excluding hydrogens is 252 g/mol. The summed E-state index contributed by atoms with van der Waals surface area (Å²) in [7, 11) is 0. The van der Waals surface area contributed by atoms with Crippen molar-refractivity contribution in [1.29, 1.82) is 0 Å². The van der Waals surface area contributed by atoms with Gasteiger partial charge in [0.25, 0.3) is 0 Å². The zero-order valence-corrected chi connectivity index (χ0v) is 11.0. The molecule has 0 saturated heterocycles. The van der Waals surface area contributed by atoms with Crippen LogP contribution in [-0.4, -0.2) is 23.1 Å². The summed E-state index contributed by atoms with van der Waals surface area (Å²) in [5.74, 6) is 0. The average molecular weight is 268 g/mol. The molecule has 0 amide bonds. The molecule has 2 aromatic rings. The highest BCUT2D eigenvalue weighted by atomic mass is 17.1. The van der Waals surface area contributed by atoms with Crippen LogP contribution in [0, 0.1) is 0 Å². The lowest BCUT2D eigenvalue weighted by Crippen LogP contribution is -2.17. The highest BCUT2D eigenvalue weighted by Gasteiger charge is 2.20. The first-order valence-electron chi connectivity index (χ1n) is 6.56. The first-order valence-corrected chi connectivity index (χ1v) is 6.56. The Morgan fingerprint density at radius 2 is 1.90 bits per heavy atom. The lowest BCUT2D eigenvalue weighted by atomic mass is 9.97. The number of benzene rings is 2. The fraction of sp³-hybridized carbons (Fsp3) is 0.176. The normalized spacial score (nSPS) is 13.7. The summed E-state index contributed by atoms with van der Waals surface area (Å²) in [6.07, 6.45) is 0.118. The molecule has 1 aliphatic carbocycles. The highest BCUT2D eigenvalue weighted by Crippen LogP contribution is 2.37. The number of hydrogen-bond acceptors (Lipinski definition) is 3. The molecule has 3 rings (SSSR count). The molecule has 2 aromatic carbocycles. The van der Waals surface area contributed by atoms with E-state index in [9.17, 15) is 0 Å². The second kappa shape index (κ2) is 5.21. The lowest BCUT2D eigenvalue weighted by Gasteiger charge is -2.14. The molecule has 3 nitrogen and oxygen atoms in total. The van der Waals surface area contributed by atoms with Gasteiger partial charge in [-0.1, -0.05) is 49.0 Å². The van der Waals surface area contributed by atoms with Crippen LogP contribution in [0.5, 0.6) is 0 Å². The Morgan fingerprint density at radius 1 is 1.15 bits per heavy atom. The molecule has 2 N–H and O–H groups in total. The van der Waals surface area contributed by atoms with Crippen molar-refractivity contribution < 1.29 is 15.3 Å². The second-order valence-corrected chi connectivity index (χ2v) is 5.01. The Balaban J connectivity index is 1.97. The molecule has 0 aliphatic heterocycles. The number of aliphatic hydroxyl groups is 1. The van der Waals surface area contributed by atoms with Crippen molar-refractivity contribution in [2.75, 3.05) is 6.61 Å². The van der Waals surface area contributed by atoms with Gasteiger partial charge in [0.05, 0.1) is 6.61 Å². The van der Waals surface area contributed by atoms with Crippen LogP contribution in [0.1, 0.15) is 16.7 Å². The summed E-state index contributed by atoms with van der Waals surface area (Å²) in [4.78, 5) is 4.25.